The highest BCUT2D eigenvalue weighted by Gasteiger charge is 2.41. The Morgan fingerprint density at radius 1 is 0.895 bits per heavy atom. The van der Waals surface area contributed by atoms with Crippen molar-refractivity contribution < 1.29 is 49.8 Å². The third-order valence-corrected chi connectivity index (χ3v) is 2.07. The van der Waals surface area contributed by atoms with Crippen LogP contribution in [0.4, 0.5) is 0 Å². The van der Waals surface area contributed by atoms with Gasteiger partial charge in [-0.25, -0.2) is 14.4 Å². The molecular weight excluding hydrogens is 268 g/mol. The van der Waals surface area contributed by atoms with Gasteiger partial charge in [-0.05, 0) is 6.92 Å². The summed E-state index contributed by atoms with van der Waals surface area (Å²) >= 11 is 0. The van der Waals surface area contributed by atoms with Crippen LogP contribution in [0.15, 0.2) is 0 Å². The fraction of sp³-hybridized carbons (Fsp3) is 0.667. The quantitative estimate of drug-likeness (QED) is 0.256. The van der Waals surface area contributed by atoms with E-state index in [1.54, 1.807) is 0 Å². The SMILES string of the molecule is CC(O)C(=O)O[C@@H]([C@H](O)[C@H](O)C(=O)O)[C@@H](O)C(=O)O. The van der Waals surface area contributed by atoms with Crippen molar-refractivity contribution in [2.75, 3.05) is 0 Å². The normalized spacial score (nSPS) is 18.8. The molecule has 0 aliphatic carbocycles. The van der Waals surface area contributed by atoms with Crippen molar-refractivity contribution in [2.45, 2.75) is 37.4 Å². The topological polar surface area (TPSA) is 182 Å². The minimum atomic E-state index is -2.49. The number of rotatable bonds is 7. The Morgan fingerprint density at radius 3 is 1.63 bits per heavy atom. The van der Waals surface area contributed by atoms with Gasteiger partial charge in [-0.15, -0.1) is 0 Å². The summed E-state index contributed by atoms with van der Waals surface area (Å²) in [7, 11) is 0. The first-order valence-electron chi connectivity index (χ1n) is 4.98. The molecule has 0 heterocycles. The molecule has 0 aromatic carbocycles. The van der Waals surface area contributed by atoms with Crippen LogP contribution in [0.5, 0.6) is 0 Å². The number of hydrogen-bond acceptors (Lipinski definition) is 8. The summed E-state index contributed by atoms with van der Waals surface area (Å²) in [4.78, 5) is 32.0. The van der Waals surface area contributed by atoms with Crippen LogP contribution >= 0.6 is 0 Å². The van der Waals surface area contributed by atoms with Crippen LogP contribution in [0.2, 0.25) is 0 Å². The number of carboxylic acid groups (broad SMARTS) is 2. The van der Waals surface area contributed by atoms with Crippen molar-refractivity contribution in [3.8, 4) is 0 Å². The highest BCUT2D eigenvalue weighted by molar-refractivity contribution is 5.77. The van der Waals surface area contributed by atoms with Crippen LogP contribution in [0.1, 0.15) is 6.92 Å². The number of aliphatic carboxylic acids is 2. The average molecular weight is 282 g/mol. The fourth-order valence-electron chi connectivity index (χ4n) is 1.02. The summed E-state index contributed by atoms with van der Waals surface area (Å²) < 4.78 is 4.28. The van der Waals surface area contributed by atoms with Gasteiger partial charge in [0.2, 0.25) is 0 Å². The van der Waals surface area contributed by atoms with E-state index < -0.39 is 48.4 Å². The summed E-state index contributed by atoms with van der Waals surface area (Å²) in [5, 5.41) is 53.4. The van der Waals surface area contributed by atoms with Crippen molar-refractivity contribution in [2.24, 2.45) is 0 Å². The monoisotopic (exact) mass is 282 g/mol. The van der Waals surface area contributed by atoms with E-state index in [1.165, 1.54) is 0 Å². The van der Waals surface area contributed by atoms with Gasteiger partial charge in [0.05, 0.1) is 0 Å². The molecule has 0 aliphatic heterocycles. The predicted molar refractivity (Wildman–Crippen MR) is 54.9 cm³/mol. The lowest BCUT2D eigenvalue weighted by atomic mass is 10.0. The second-order valence-electron chi connectivity index (χ2n) is 3.63. The summed E-state index contributed by atoms with van der Waals surface area (Å²) in [6.45, 7) is 0.965. The van der Waals surface area contributed by atoms with Crippen molar-refractivity contribution >= 4 is 17.9 Å². The minimum Gasteiger partial charge on any atom is -0.479 e. The molecule has 0 rings (SSSR count). The van der Waals surface area contributed by atoms with E-state index >= 15 is 0 Å². The molecule has 110 valence electrons. The van der Waals surface area contributed by atoms with Gasteiger partial charge in [0.25, 0.3) is 0 Å². The van der Waals surface area contributed by atoms with E-state index in [2.05, 4.69) is 4.74 Å². The van der Waals surface area contributed by atoms with E-state index in [0.29, 0.717) is 0 Å². The number of esters is 1. The lowest BCUT2D eigenvalue weighted by Crippen LogP contribution is -2.52. The molecule has 0 aromatic heterocycles. The number of aliphatic hydroxyl groups is 4. The number of hydrogen-bond donors (Lipinski definition) is 6. The first kappa shape index (κ1) is 17.2. The maximum Gasteiger partial charge on any atom is 0.336 e. The van der Waals surface area contributed by atoms with E-state index in [1.807, 2.05) is 0 Å². The van der Waals surface area contributed by atoms with E-state index in [9.17, 15) is 24.6 Å². The Hall–Kier alpha value is -1.75. The van der Waals surface area contributed by atoms with Crippen LogP contribution in [0, 0.1) is 0 Å². The number of aliphatic hydroxyl groups excluding tert-OH is 4. The van der Waals surface area contributed by atoms with Crippen LogP contribution in [-0.2, 0) is 19.1 Å². The summed E-state index contributed by atoms with van der Waals surface area (Å²) in [6, 6.07) is 0. The van der Waals surface area contributed by atoms with Crippen molar-refractivity contribution in [3.05, 3.63) is 0 Å². The molecule has 0 saturated carbocycles. The highest BCUT2D eigenvalue weighted by atomic mass is 16.6. The van der Waals surface area contributed by atoms with Crippen molar-refractivity contribution in [1.29, 1.82) is 0 Å². The summed E-state index contributed by atoms with van der Waals surface area (Å²) in [5.41, 5.74) is 0. The standard InChI is InChI=1S/C9H14O10/c1-2(10)9(18)19-6(5(13)8(16)17)3(11)4(12)7(14)15/h2-6,10-13H,1H3,(H,14,15)(H,16,17)/t2?,3-,4+,5-,6+/m1/s1. The maximum atomic E-state index is 11.1. The Morgan fingerprint density at radius 2 is 1.32 bits per heavy atom. The number of carbonyl (C=O) groups is 3. The zero-order valence-electron chi connectivity index (χ0n) is 9.70. The third-order valence-electron chi connectivity index (χ3n) is 2.07. The molecule has 0 fully saturated rings. The van der Waals surface area contributed by atoms with Crippen LogP contribution in [-0.4, -0.2) is 79.1 Å². The number of carboxylic acids is 2. The predicted octanol–water partition coefficient (Wildman–Crippen LogP) is -3.47. The van der Waals surface area contributed by atoms with Gasteiger partial charge in [0, 0.05) is 0 Å². The summed E-state index contributed by atoms with van der Waals surface area (Å²) in [6.07, 6.45) is -11.3. The Labute approximate surface area is 106 Å². The Bertz CT molecular complexity index is 351. The molecule has 19 heavy (non-hydrogen) atoms. The number of carbonyl (C=O) groups excluding carboxylic acids is 1. The molecule has 10 nitrogen and oxygen atoms in total. The van der Waals surface area contributed by atoms with Gasteiger partial charge in [-0.1, -0.05) is 0 Å². The molecule has 6 N–H and O–H groups in total. The lowest BCUT2D eigenvalue weighted by Gasteiger charge is -2.27. The van der Waals surface area contributed by atoms with Crippen LogP contribution in [0.25, 0.3) is 0 Å². The molecule has 10 heteroatoms. The van der Waals surface area contributed by atoms with E-state index in [-0.39, 0.29) is 0 Å². The van der Waals surface area contributed by atoms with Gasteiger partial charge in [0.1, 0.15) is 12.2 Å². The molecular formula is C9H14O10. The second-order valence-corrected chi connectivity index (χ2v) is 3.63. The molecule has 0 spiro atoms. The number of ether oxygens (including phenoxy) is 1. The molecule has 5 atom stereocenters. The Balaban J connectivity index is 5.11. The van der Waals surface area contributed by atoms with Gasteiger partial charge < -0.3 is 35.4 Å². The van der Waals surface area contributed by atoms with Crippen molar-refractivity contribution in [3.63, 3.8) is 0 Å². The molecule has 1 unspecified atom stereocenters. The van der Waals surface area contributed by atoms with Gasteiger partial charge in [0.15, 0.2) is 18.3 Å². The van der Waals surface area contributed by atoms with Gasteiger partial charge >= 0.3 is 17.9 Å². The molecule has 0 radical (unpaired) electrons. The van der Waals surface area contributed by atoms with Crippen LogP contribution < -0.4 is 0 Å². The fourth-order valence-corrected chi connectivity index (χ4v) is 1.02. The average Bonchev–Trinajstić information content (AvgIpc) is 2.32. The molecule has 0 amide bonds. The Kier molecular flexibility index (Phi) is 6.35. The second kappa shape index (κ2) is 6.99. The first-order valence-corrected chi connectivity index (χ1v) is 4.98. The van der Waals surface area contributed by atoms with Gasteiger partial charge in [-0.2, -0.15) is 0 Å². The minimum absolute atomic E-state index is 0.965. The maximum absolute atomic E-state index is 11.1. The van der Waals surface area contributed by atoms with Crippen molar-refractivity contribution in [1.82, 2.24) is 0 Å². The highest BCUT2D eigenvalue weighted by Crippen LogP contribution is 2.12. The van der Waals surface area contributed by atoms with E-state index in [4.69, 9.17) is 20.4 Å². The zero-order valence-corrected chi connectivity index (χ0v) is 9.70. The molecule has 0 saturated heterocycles. The van der Waals surface area contributed by atoms with Gasteiger partial charge in [-0.3, -0.25) is 0 Å². The smallest absolute Gasteiger partial charge is 0.336 e. The van der Waals surface area contributed by atoms with E-state index in [0.717, 1.165) is 6.92 Å². The lowest BCUT2D eigenvalue weighted by molar-refractivity contribution is -0.191. The van der Waals surface area contributed by atoms with Crippen LogP contribution in [0.3, 0.4) is 0 Å². The first-order chi connectivity index (χ1) is 8.59. The summed E-state index contributed by atoms with van der Waals surface area (Å²) in [5.74, 6) is -5.23. The molecule has 0 aromatic rings. The molecule has 0 aliphatic rings. The third kappa shape index (κ3) is 4.79. The molecule has 0 bridgehead atoms. The largest absolute Gasteiger partial charge is 0.479 e. The zero-order chi connectivity index (χ0) is 15.3.